The van der Waals surface area contributed by atoms with Crippen LogP contribution in [0.4, 0.5) is 10.1 Å². The Morgan fingerprint density at radius 2 is 1.81 bits per heavy atom. The Kier molecular flexibility index (Phi) is 6.48. The Hall–Kier alpha value is -3.30. The highest BCUT2D eigenvalue weighted by molar-refractivity contribution is 7.89. The number of rotatable bonds is 7. The number of carbonyl (C=O) groups is 1. The van der Waals surface area contributed by atoms with Crippen molar-refractivity contribution in [3.63, 3.8) is 0 Å². The lowest BCUT2D eigenvalue weighted by molar-refractivity contribution is 0.102. The Bertz CT molecular complexity index is 1200. The molecule has 1 aliphatic heterocycles. The molecule has 0 aliphatic carbocycles. The Morgan fingerprint density at radius 1 is 1.06 bits per heavy atom. The molecule has 3 aromatic rings. The normalized spacial score (nSPS) is 14.3. The maximum absolute atomic E-state index is 14.3. The van der Waals surface area contributed by atoms with Gasteiger partial charge < -0.3 is 10.1 Å². The maximum atomic E-state index is 14.3. The van der Waals surface area contributed by atoms with Gasteiger partial charge in [-0.2, -0.15) is 4.31 Å². The van der Waals surface area contributed by atoms with Crippen LogP contribution in [0.1, 0.15) is 28.8 Å². The molecular weight excluding hydrogens is 433 g/mol. The van der Waals surface area contributed by atoms with Gasteiger partial charge in [-0.15, -0.1) is 0 Å². The summed E-state index contributed by atoms with van der Waals surface area (Å²) < 4.78 is 46.6. The second-order valence-electron chi connectivity index (χ2n) is 7.37. The average molecular weight is 456 g/mol. The predicted octanol–water partition coefficient (Wildman–Crippen LogP) is 3.84. The van der Waals surface area contributed by atoms with Gasteiger partial charge in [-0.25, -0.2) is 17.8 Å². The molecule has 1 fully saturated rings. The van der Waals surface area contributed by atoms with E-state index >= 15 is 0 Å². The second-order valence-corrected chi connectivity index (χ2v) is 9.28. The summed E-state index contributed by atoms with van der Waals surface area (Å²) in [6.07, 6.45) is 2.90. The minimum atomic E-state index is -3.98. The molecule has 1 aromatic heterocycles. The van der Waals surface area contributed by atoms with Crippen LogP contribution in [0.15, 0.2) is 71.8 Å². The van der Waals surface area contributed by atoms with Crippen molar-refractivity contribution < 1.29 is 22.3 Å². The van der Waals surface area contributed by atoms with E-state index in [1.165, 1.54) is 16.6 Å². The summed E-state index contributed by atoms with van der Waals surface area (Å²) in [6, 6.07) is 16.2. The minimum absolute atomic E-state index is 0.0357. The van der Waals surface area contributed by atoms with E-state index in [9.17, 15) is 17.6 Å². The summed E-state index contributed by atoms with van der Waals surface area (Å²) in [4.78, 5) is 16.3. The first-order chi connectivity index (χ1) is 15.4. The van der Waals surface area contributed by atoms with E-state index in [0.29, 0.717) is 31.3 Å². The fraction of sp³-hybridized carbons (Fsp3) is 0.217. The second kappa shape index (κ2) is 9.46. The lowest BCUT2D eigenvalue weighted by Gasteiger charge is -2.16. The number of anilines is 1. The number of hydrogen-bond acceptors (Lipinski definition) is 5. The van der Waals surface area contributed by atoms with Crippen molar-refractivity contribution in [1.29, 1.82) is 0 Å². The molecule has 2 aromatic carbocycles. The highest BCUT2D eigenvalue weighted by Crippen LogP contribution is 2.24. The van der Waals surface area contributed by atoms with Crippen LogP contribution in [0.3, 0.4) is 0 Å². The van der Waals surface area contributed by atoms with Crippen molar-refractivity contribution in [1.82, 2.24) is 9.29 Å². The number of carbonyl (C=O) groups excluding carboxylic acids is 1. The third-order valence-corrected chi connectivity index (χ3v) is 7.01. The maximum Gasteiger partial charge on any atom is 0.255 e. The summed E-state index contributed by atoms with van der Waals surface area (Å²) in [5, 5.41) is 2.64. The highest BCUT2D eigenvalue weighted by atomic mass is 32.2. The van der Waals surface area contributed by atoms with Gasteiger partial charge in [0.2, 0.25) is 15.9 Å². The summed E-state index contributed by atoms with van der Waals surface area (Å²) >= 11 is 0. The van der Waals surface area contributed by atoms with E-state index in [2.05, 4.69) is 10.3 Å². The largest absolute Gasteiger partial charge is 0.473 e. The topological polar surface area (TPSA) is 88.6 Å². The first kappa shape index (κ1) is 21.9. The Balaban J connectivity index is 1.43. The first-order valence-electron chi connectivity index (χ1n) is 10.2. The third-order valence-electron chi connectivity index (χ3n) is 5.10. The monoisotopic (exact) mass is 455 g/mol. The van der Waals surface area contributed by atoms with Crippen molar-refractivity contribution in [3.05, 3.63) is 83.8 Å². The number of aromatic nitrogens is 1. The molecule has 0 atom stereocenters. The van der Waals surface area contributed by atoms with Crippen molar-refractivity contribution in [2.45, 2.75) is 24.3 Å². The van der Waals surface area contributed by atoms with Gasteiger partial charge in [-0.05, 0) is 42.7 Å². The minimum Gasteiger partial charge on any atom is -0.473 e. The molecule has 1 saturated heterocycles. The number of hydrogen-bond donors (Lipinski definition) is 1. The molecule has 1 N–H and O–H groups in total. The highest BCUT2D eigenvalue weighted by Gasteiger charge is 2.30. The van der Waals surface area contributed by atoms with Crippen LogP contribution >= 0.6 is 0 Å². The van der Waals surface area contributed by atoms with Gasteiger partial charge in [0, 0.05) is 24.7 Å². The molecule has 0 saturated carbocycles. The Labute approximate surface area is 185 Å². The summed E-state index contributed by atoms with van der Waals surface area (Å²) in [7, 11) is -3.98. The van der Waals surface area contributed by atoms with Gasteiger partial charge in [0.1, 0.15) is 17.3 Å². The SMILES string of the molecule is O=C(Nc1ccc(OCc2ccccc2)nc1)c1ccc(F)c(S(=O)(=O)N2CCCC2)c1. The zero-order valence-corrected chi connectivity index (χ0v) is 18.0. The summed E-state index contributed by atoms with van der Waals surface area (Å²) in [5.74, 6) is -1.05. The van der Waals surface area contributed by atoms with Gasteiger partial charge >= 0.3 is 0 Å². The van der Waals surface area contributed by atoms with Gasteiger partial charge in [-0.3, -0.25) is 4.79 Å². The molecule has 0 radical (unpaired) electrons. The van der Waals surface area contributed by atoms with Crippen LogP contribution in [0.25, 0.3) is 0 Å². The van der Waals surface area contributed by atoms with Gasteiger partial charge in [0.15, 0.2) is 0 Å². The van der Waals surface area contributed by atoms with Crippen LogP contribution < -0.4 is 10.1 Å². The fourth-order valence-electron chi connectivity index (χ4n) is 3.38. The lowest BCUT2D eigenvalue weighted by atomic mass is 10.2. The number of ether oxygens (including phenoxy) is 1. The zero-order chi connectivity index (χ0) is 22.6. The number of halogens is 1. The summed E-state index contributed by atoms with van der Waals surface area (Å²) in [5.41, 5.74) is 1.44. The van der Waals surface area contributed by atoms with Crippen molar-refractivity contribution in [2.75, 3.05) is 18.4 Å². The third kappa shape index (κ3) is 4.95. The predicted molar refractivity (Wildman–Crippen MR) is 117 cm³/mol. The number of nitrogens with one attached hydrogen (secondary N) is 1. The standard InChI is InChI=1S/C23H22FN3O4S/c24-20-10-8-18(14-21(20)32(29,30)27-12-4-5-13-27)23(28)26-19-9-11-22(25-15-19)31-16-17-6-2-1-3-7-17/h1-3,6-11,14-15H,4-5,12-13,16H2,(H,26,28). The number of benzene rings is 2. The van der Waals surface area contributed by atoms with Crippen LogP contribution in [-0.4, -0.2) is 36.7 Å². The molecule has 32 heavy (non-hydrogen) atoms. The Morgan fingerprint density at radius 3 is 2.50 bits per heavy atom. The number of pyridine rings is 1. The van der Waals surface area contributed by atoms with Crippen LogP contribution in [0.2, 0.25) is 0 Å². The van der Waals surface area contributed by atoms with E-state index in [0.717, 1.165) is 30.5 Å². The lowest BCUT2D eigenvalue weighted by Crippen LogP contribution is -2.29. The molecule has 0 unspecified atom stereocenters. The van der Waals surface area contributed by atoms with Gasteiger partial charge in [0.05, 0.1) is 11.9 Å². The molecule has 2 heterocycles. The molecule has 1 aliphatic rings. The van der Waals surface area contributed by atoms with Crippen LogP contribution in [-0.2, 0) is 16.6 Å². The van der Waals surface area contributed by atoms with Crippen LogP contribution in [0.5, 0.6) is 5.88 Å². The quantitative estimate of drug-likeness (QED) is 0.585. The number of amides is 1. The van der Waals surface area contributed by atoms with E-state index < -0.39 is 26.6 Å². The zero-order valence-electron chi connectivity index (χ0n) is 17.2. The van der Waals surface area contributed by atoms with E-state index in [4.69, 9.17) is 4.74 Å². The van der Waals surface area contributed by atoms with Crippen LogP contribution in [0, 0.1) is 5.82 Å². The summed E-state index contributed by atoms with van der Waals surface area (Å²) in [6.45, 7) is 1.06. The molecule has 4 rings (SSSR count). The van der Waals surface area contributed by atoms with Crippen molar-refractivity contribution >= 4 is 21.6 Å². The molecule has 1 amide bonds. The molecule has 7 nitrogen and oxygen atoms in total. The molecule has 166 valence electrons. The van der Waals surface area contributed by atoms with E-state index in [-0.39, 0.29) is 5.56 Å². The molecule has 0 spiro atoms. The fourth-order valence-corrected chi connectivity index (χ4v) is 4.99. The van der Waals surface area contributed by atoms with Gasteiger partial charge in [0.25, 0.3) is 5.91 Å². The van der Waals surface area contributed by atoms with E-state index in [1.807, 2.05) is 30.3 Å². The smallest absolute Gasteiger partial charge is 0.255 e. The molecule has 9 heteroatoms. The first-order valence-corrected chi connectivity index (χ1v) is 11.6. The molecule has 0 bridgehead atoms. The van der Waals surface area contributed by atoms with Crippen molar-refractivity contribution in [3.8, 4) is 5.88 Å². The average Bonchev–Trinajstić information content (AvgIpc) is 3.35. The van der Waals surface area contributed by atoms with Crippen molar-refractivity contribution in [2.24, 2.45) is 0 Å². The van der Waals surface area contributed by atoms with E-state index in [1.54, 1.807) is 12.1 Å². The van der Waals surface area contributed by atoms with Gasteiger partial charge in [-0.1, -0.05) is 30.3 Å². The number of nitrogens with zero attached hydrogens (tertiary/aromatic N) is 2. The molecular formula is C23H22FN3O4S. The number of sulfonamides is 1.